The van der Waals surface area contributed by atoms with Crippen molar-refractivity contribution >= 4 is 11.6 Å². The van der Waals surface area contributed by atoms with E-state index in [2.05, 4.69) is 11.1 Å². The SMILES string of the molecule is [Cl-].[NH3+]CCC1C(=O)Nc2ccccc21. The minimum absolute atomic E-state index is 0. The van der Waals surface area contributed by atoms with Gasteiger partial charge in [-0.15, -0.1) is 0 Å². The van der Waals surface area contributed by atoms with Crippen molar-refractivity contribution in [3.63, 3.8) is 0 Å². The number of hydrogen-bond acceptors (Lipinski definition) is 1. The van der Waals surface area contributed by atoms with E-state index in [0.717, 1.165) is 24.2 Å². The van der Waals surface area contributed by atoms with E-state index in [0.29, 0.717) is 0 Å². The molecule has 1 aliphatic rings. The van der Waals surface area contributed by atoms with Gasteiger partial charge in [0.15, 0.2) is 0 Å². The number of benzene rings is 1. The van der Waals surface area contributed by atoms with Crippen LogP contribution in [0.2, 0.25) is 0 Å². The van der Waals surface area contributed by atoms with E-state index in [1.54, 1.807) is 0 Å². The Balaban J connectivity index is 0.000000980. The standard InChI is InChI=1S/C10H12N2O.ClH/c11-6-5-8-7-3-1-2-4-9(7)12-10(8)13;/h1-4,8H,5-6,11H2,(H,12,13);1H. The van der Waals surface area contributed by atoms with E-state index in [4.69, 9.17) is 0 Å². The molecule has 1 heterocycles. The largest absolute Gasteiger partial charge is 1.00 e. The minimum atomic E-state index is 0. The van der Waals surface area contributed by atoms with Gasteiger partial charge in [0.25, 0.3) is 0 Å². The number of halogens is 1. The van der Waals surface area contributed by atoms with Crippen LogP contribution in [0.3, 0.4) is 0 Å². The zero-order valence-electron chi connectivity index (χ0n) is 7.79. The molecule has 1 aromatic rings. The van der Waals surface area contributed by atoms with Crippen LogP contribution in [-0.4, -0.2) is 12.5 Å². The minimum Gasteiger partial charge on any atom is -1.00 e. The van der Waals surface area contributed by atoms with E-state index >= 15 is 0 Å². The molecule has 4 heteroatoms. The van der Waals surface area contributed by atoms with Crippen molar-refractivity contribution in [3.05, 3.63) is 29.8 Å². The highest BCUT2D eigenvalue weighted by atomic mass is 35.5. The summed E-state index contributed by atoms with van der Waals surface area (Å²) in [4.78, 5) is 11.5. The highest BCUT2D eigenvalue weighted by Gasteiger charge is 2.29. The number of carbonyl (C=O) groups is 1. The van der Waals surface area contributed by atoms with Crippen LogP contribution in [0.4, 0.5) is 5.69 Å². The lowest BCUT2D eigenvalue weighted by Gasteiger charge is -2.03. The predicted octanol–water partition coefficient (Wildman–Crippen LogP) is -2.64. The van der Waals surface area contributed by atoms with Crippen LogP contribution in [0.15, 0.2) is 24.3 Å². The Labute approximate surface area is 89.1 Å². The molecule has 4 N–H and O–H groups in total. The highest BCUT2D eigenvalue weighted by Crippen LogP contribution is 2.33. The van der Waals surface area contributed by atoms with E-state index in [1.807, 2.05) is 24.3 Å². The summed E-state index contributed by atoms with van der Waals surface area (Å²) in [6, 6.07) is 7.85. The number of rotatable bonds is 2. The fraction of sp³-hybridized carbons (Fsp3) is 0.300. The maximum atomic E-state index is 11.5. The van der Waals surface area contributed by atoms with Crippen molar-refractivity contribution < 1.29 is 22.9 Å². The normalized spacial score (nSPS) is 18.4. The van der Waals surface area contributed by atoms with Gasteiger partial charge in [0.2, 0.25) is 5.91 Å². The van der Waals surface area contributed by atoms with Gasteiger partial charge in [0.05, 0.1) is 12.5 Å². The Morgan fingerprint density at radius 1 is 1.36 bits per heavy atom. The summed E-state index contributed by atoms with van der Waals surface area (Å²) in [5.41, 5.74) is 5.86. The fourth-order valence-electron chi connectivity index (χ4n) is 1.77. The molecule has 1 aliphatic heterocycles. The van der Waals surface area contributed by atoms with Crippen molar-refractivity contribution in [2.75, 3.05) is 11.9 Å². The van der Waals surface area contributed by atoms with E-state index in [1.165, 1.54) is 0 Å². The number of fused-ring (bicyclic) bond motifs is 1. The maximum Gasteiger partial charge on any atom is 0.232 e. The van der Waals surface area contributed by atoms with Crippen molar-refractivity contribution in [1.82, 2.24) is 0 Å². The summed E-state index contributed by atoms with van der Waals surface area (Å²) in [5.74, 6) is 0.138. The number of para-hydroxylation sites is 1. The maximum absolute atomic E-state index is 11.5. The van der Waals surface area contributed by atoms with Gasteiger partial charge in [-0.1, -0.05) is 18.2 Å². The first-order chi connectivity index (χ1) is 6.33. The van der Waals surface area contributed by atoms with E-state index < -0.39 is 0 Å². The molecule has 1 atom stereocenters. The van der Waals surface area contributed by atoms with Crippen LogP contribution in [-0.2, 0) is 4.79 Å². The van der Waals surface area contributed by atoms with Crippen molar-refractivity contribution in [2.45, 2.75) is 12.3 Å². The monoisotopic (exact) mass is 212 g/mol. The molecule has 0 saturated carbocycles. The number of amides is 1. The number of quaternary nitrogens is 1. The quantitative estimate of drug-likeness (QED) is 0.553. The van der Waals surface area contributed by atoms with Gasteiger partial charge >= 0.3 is 0 Å². The Bertz CT molecular complexity index is 341. The lowest BCUT2D eigenvalue weighted by atomic mass is 9.97. The summed E-state index contributed by atoms with van der Waals surface area (Å²) in [6.07, 6.45) is 0.836. The molecule has 1 aromatic carbocycles. The van der Waals surface area contributed by atoms with Crippen LogP contribution < -0.4 is 23.5 Å². The lowest BCUT2D eigenvalue weighted by Crippen LogP contribution is -3.00. The summed E-state index contributed by atoms with van der Waals surface area (Å²) in [7, 11) is 0. The molecule has 3 nitrogen and oxygen atoms in total. The molecule has 14 heavy (non-hydrogen) atoms. The third-order valence-corrected chi connectivity index (χ3v) is 2.40. The number of hydrogen-bond donors (Lipinski definition) is 2. The summed E-state index contributed by atoms with van der Waals surface area (Å²) >= 11 is 0. The summed E-state index contributed by atoms with van der Waals surface area (Å²) in [6.45, 7) is 0.798. The number of nitrogens with one attached hydrogen (secondary N) is 1. The predicted molar refractivity (Wildman–Crippen MR) is 50.2 cm³/mol. The first-order valence-electron chi connectivity index (χ1n) is 4.52. The molecule has 0 bridgehead atoms. The molecule has 0 aliphatic carbocycles. The Morgan fingerprint density at radius 2 is 2.07 bits per heavy atom. The van der Waals surface area contributed by atoms with E-state index in [-0.39, 0.29) is 24.2 Å². The Morgan fingerprint density at radius 3 is 2.79 bits per heavy atom. The second kappa shape index (κ2) is 4.44. The van der Waals surface area contributed by atoms with Crippen LogP contribution in [0, 0.1) is 0 Å². The molecular weight excluding hydrogens is 200 g/mol. The number of anilines is 1. The Hall–Kier alpha value is -1.06. The number of carbonyl (C=O) groups excluding carboxylic acids is 1. The molecule has 0 spiro atoms. The van der Waals surface area contributed by atoms with Crippen LogP contribution in [0.5, 0.6) is 0 Å². The average Bonchev–Trinajstić information content (AvgIpc) is 2.44. The van der Waals surface area contributed by atoms with Crippen molar-refractivity contribution in [1.29, 1.82) is 0 Å². The van der Waals surface area contributed by atoms with E-state index in [9.17, 15) is 4.79 Å². The van der Waals surface area contributed by atoms with Gasteiger partial charge in [-0.25, -0.2) is 0 Å². The Kier molecular flexibility index (Phi) is 3.49. The first kappa shape index (κ1) is 11.0. The molecule has 1 amide bonds. The van der Waals surface area contributed by atoms with Crippen LogP contribution in [0.1, 0.15) is 17.9 Å². The molecule has 0 aromatic heterocycles. The molecular formula is C10H13ClN2O. The molecule has 1 unspecified atom stereocenters. The van der Waals surface area contributed by atoms with Gasteiger partial charge in [0, 0.05) is 12.1 Å². The summed E-state index contributed by atoms with van der Waals surface area (Å²) < 4.78 is 0. The van der Waals surface area contributed by atoms with Crippen LogP contribution in [0.25, 0.3) is 0 Å². The zero-order chi connectivity index (χ0) is 9.26. The van der Waals surface area contributed by atoms with Gasteiger partial charge in [-0.05, 0) is 11.6 Å². The first-order valence-corrected chi connectivity index (χ1v) is 4.52. The third-order valence-electron chi connectivity index (χ3n) is 2.40. The second-order valence-electron chi connectivity index (χ2n) is 3.27. The lowest BCUT2D eigenvalue weighted by molar-refractivity contribution is -0.368. The molecule has 0 saturated heterocycles. The highest BCUT2D eigenvalue weighted by molar-refractivity contribution is 6.02. The average molecular weight is 213 g/mol. The van der Waals surface area contributed by atoms with Gasteiger partial charge < -0.3 is 23.5 Å². The summed E-state index contributed by atoms with van der Waals surface area (Å²) in [5, 5.41) is 2.87. The topological polar surface area (TPSA) is 56.7 Å². The zero-order valence-corrected chi connectivity index (χ0v) is 8.55. The van der Waals surface area contributed by atoms with Gasteiger partial charge in [-0.3, -0.25) is 4.79 Å². The molecule has 2 rings (SSSR count). The third kappa shape index (κ3) is 1.74. The molecule has 76 valence electrons. The van der Waals surface area contributed by atoms with Crippen LogP contribution >= 0.6 is 0 Å². The molecule has 0 fully saturated rings. The smallest absolute Gasteiger partial charge is 0.232 e. The second-order valence-corrected chi connectivity index (χ2v) is 3.27. The van der Waals surface area contributed by atoms with Crippen molar-refractivity contribution in [3.8, 4) is 0 Å². The van der Waals surface area contributed by atoms with Gasteiger partial charge in [0.1, 0.15) is 0 Å². The van der Waals surface area contributed by atoms with Gasteiger partial charge in [-0.2, -0.15) is 0 Å². The van der Waals surface area contributed by atoms with Crippen molar-refractivity contribution in [2.24, 2.45) is 0 Å². The fourth-order valence-corrected chi connectivity index (χ4v) is 1.77. The molecule has 0 radical (unpaired) electrons.